The van der Waals surface area contributed by atoms with Crippen LogP contribution in [0.3, 0.4) is 0 Å². The first-order valence-corrected chi connectivity index (χ1v) is 8.28. The molecule has 0 aliphatic carbocycles. The monoisotopic (exact) mass is 310 g/mol. The Morgan fingerprint density at radius 3 is 2.65 bits per heavy atom. The van der Waals surface area contributed by atoms with Crippen LogP contribution in [0.4, 0.5) is 10.8 Å². The Morgan fingerprint density at radius 1 is 1.35 bits per heavy atom. The van der Waals surface area contributed by atoms with Gasteiger partial charge in [0.2, 0.25) is 0 Å². The minimum Gasteiger partial charge on any atom is -0.382 e. The van der Waals surface area contributed by atoms with Gasteiger partial charge in [-0.3, -0.25) is 0 Å². The lowest BCUT2D eigenvalue weighted by atomic mass is 10.2. The lowest BCUT2D eigenvalue weighted by Crippen LogP contribution is -2.45. The van der Waals surface area contributed by atoms with Crippen LogP contribution in [0.2, 0.25) is 0 Å². The van der Waals surface area contributed by atoms with Crippen molar-refractivity contribution in [1.29, 1.82) is 0 Å². The molecular formula is C13H18N4OS2. The first kappa shape index (κ1) is 13.8. The van der Waals surface area contributed by atoms with Gasteiger partial charge in [-0.15, -0.1) is 11.3 Å². The number of hydrogen-bond donors (Lipinski definition) is 1. The zero-order valence-electron chi connectivity index (χ0n) is 11.8. The normalized spacial score (nSPS) is 23.2. The molecule has 1 fully saturated rings. The second kappa shape index (κ2) is 5.31. The molecule has 1 saturated heterocycles. The highest BCUT2D eigenvalue weighted by atomic mass is 32.1. The molecule has 0 unspecified atom stereocenters. The molecule has 0 radical (unpaired) electrons. The number of nitrogen functional groups attached to an aromatic ring is 1. The summed E-state index contributed by atoms with van der Waals surface area (Å²) in [4.78, 5) is 6.87. The van der Waals surface area contributed by atoms with Crippen molar-refractivity contribution < 1.29 is 4.74 Å². The van der Waals surface area contributed by atoms with E-state index in [4.69, 9.17) is 10.5 Å². The zero-order valence-corrected chi connectivity index (χ0v) is 13.4. The maximum atomic E-state index is 6.07. The summed E-state index contributed by atoms with van der Waals surface area (Å²) in [6.45, 7) is 7.92. The number of nitrogens with two attached hydrogens (primary N) is 1. The molecule has 2 aromatic heterocycles. The first-order chi connectivity index (χ1) is 9.54. The van der Waals surface area contributed by atoms with Crippen LogP contribution in [0, 0.1) is 6.92 Å². The molecule has 2 atom stereocenters. The number of thiazole rings is 1. The van der Waals surface area contributed by atoms with Crippen LogP contribution in [0.5, 0.6) is 0 Å². The molecule has 0 spiro atoms. The minimum atomic E-state index is 0.216. The lowest BCUT2D eigenvalue weighted by Gasteiger charge is -2.36. The summed E-state index contributed by atoms with van der Waals surface area (Å²) in [5.74, 6) is 0.575. The van der Waals surface area contributed by atoms with E-state index in [0.29, 0.717) is 5.82 Å². The predicted molar refractivity (Wildman–Crippen MR) is 84.6 cm³/mol. The second-order valence-corrected chi connectivity index (χ2v) is 6.81. The van der Waals surface area contributed by atoms with E-state index in [1.165, 1.54) is 11.5 Å². The maximum absolute atomic E-state index is 6.07. The van der Waals surface area contributed by atoms with E-state index in [9.17, 15) is 0 Å². The Hall–Kier alpha value is -1.18. The standard InChI is InChI=1S/C13H18N4OS2/c1-7-6-19-12(15-7)10-11(14)16-20-13(10)17-4-8(2)18-9(3)5-17/h6,8-9H,4-5H2,1-3H3,(H2,14,16)/t8-,9+. The van der Waals surface area contributed by atoms with Gasteiger partial charge in [0.1, 0.15) is 15.8 Å². The van der Waals surface area contributed by atoms with Gasteiger partial charge in [-0.1, -0.05) is 0 Å². The van der Waals surface area contributed by atoms with Gasteiger partial charge >= 0.3 is 0 Å². The van der Waals surface area contributed by atoms with E-state index < -0.39 is 0 Å². The molecule has 1 aliphatic heterocycles. The average molecular weight is 310 g/mol. The van der Waals surface area contributed by atoms with E-state index in [-0.39, 0.29) is 12.2 Å². The number of nitrogens with zero attached hydrogens (tertiary/aromatic N) is 3. The van der Waals surface area contributed by atoms with Crippen LogP contribution in [0.15, 0.2) is 5.38 Å². The molecule has 2 N–H and O–H groups in total. The molecule has 3 rings (SSSR count). The van der Waals surface area contributed by atoms with Crippen LogP contribution in [0.25, 0.3) is 10.6 Å². The van der Waals surface area contributed by atoms with Crippen molar-refractivity contribution in [2.45, 2.75) is 33.0 Å². The molecule has 7 heteroatoms. The van der Waals surface area contributed by atoms with Crippen LogP contribution in [0.1, 0.15) is 19.5 Å². The van der Waals surface area contributed by atoms with Crippen LogP contribution >= 0.6 is 22.9 Å². The SMILES string of the molecule is Cc1csc(-c2c(N)nsc2N2C[C@@H](C)O[C@@H](C)C2)n1. The molecule has 0 saturated carbocycles. The Bertz CT molecular complexity index is 599. The quantitative estimate of drug-likeness (QED) is 0.924. The van der Waals surface area contributed by atoms with Gasteiger partial charge in [-0.2, -0.15) is 4.37 Å². The van der Waals surface area contributed by atoms with Gasteiger partial charge in [0.05, 0.1) is 17.8 Å². The van der Waals surface area contributed by atoms with Gasteiger partial charge in [-0.05, 0) is 32.3 Å². The molecule has 0 aromatic carbocycles. The molecule has 1 aliphatic rings. The Labute approximate surface area is 126 Å². The number of rotatable bonds is 2. The maximum Gasteiger partial charge on any atom is 0.149 e. The molecule has 2 aromatic rings. The number of morpholine rings is 1. The van der Waals surface area contributed by atoms with Gasteiger partial charge in [-0.25, -0.2) is 4.98 Å². The summed E-state index contributed by atoms with van der Waals surface area (Å²) in [6, 6.07) is 0. The molecule has 0 amide bonds. The Morgan fingerprint density at radius 2 is 2.05 bits per heavy atom. The summed E-state index contributed by atoms with van der Waals surface area (Å²) in [7, 11) is 0. The van der Waals surface area contributed by atoms with E-state index in [2.05, 4.69) is 28.1 Å². The fraction of sp³-hybridized carbons (Fsp3) is 0.538. The van der Waals surface area contributed by atoms with Gasteiger partial charge < -0.3 is 15.4 Å². The largest absolute Gasteiger partial charge is 0.382 e. The fourth-order valence-corrected chi connectivity index (χ4v) is 4.27. The number of aromatic nitrogens is 2. The summed E-state index contributed by atoms with van der Waals surface area (Å²) in [5, 5.41) is 4.11. The van der Waals surface area contributed by atoms with Gasteiger partial charge in [0.15, 0.2) is 0 Å². The molecule has 3 heterocycles. The summed E-state index contributed by atoms with van der Waals surface area (Å²) in [6.07, 6.45) is 0.431. The Balaban J connectivity index is 1.98. The van der Waals surface area contributed by atoms with Crippen LogP contribution in [-0.2, 0) is 4.74 Å². The van der Waals surface area contributed by atoms with Crippen molar-refractivity contribution in [3.05, 3.63) is 11.1 Å². The number of anilines is 2. The highest BCUT2D eigenvalue weighted by Crippen LogP contribution is 2.41. The lowest BCUT2D eigenvalue weighted by molar-refractivity contribution is -0.00497. The van der Waals surface area contributed by atoms with E-state index in [1.807, 2.05) is 12.3 Å². The van der Waals surface area contributed by atoms with Crippen molar-refractivity contribution in [2.24, 2.45) is 0 Å². The Kier molecular flexibility index (Phi) is 3.66. The third-order valence-electron chi connectivity index (χ3n) is 3.24. The van der Waals surface area contributed by atoms with E-state index in [0.717, 1.165) is 34.4 Å². The fourth-order valence-electron chi connectivity index (χ4n) is 2.52. The summed E-state index contributed by atoms with van der Waals surface area (Å²) in [5.41, 5.74) is 8.07. The van der Waals surface area contributed by atoms with Crippen molar-refractivity contribution >= 4 is 33.7 Å². The number of hydrogen-bond acceptors (Lipinski definition) is 7. The minimum absolute atomic E-state index is 0.216. The molecule has 0 bridgehead atoms. The number of ether oxygens (including phenoxy) is 1. The van der Waals surface area contributed by atoms with Crippen LogP contribution in [-0.4, -0.2) is 34.7 Å². The van der Waals surface area contributed by atoms with Gasteiger partial charge in [0.25, 0.3) is 0 Å². The van der Waals surface area contributed by atoms with Gasteiger partial charge in [0, 0.05) is 24.2 Å². The van der Waals surface area contributed by atoms with Crippen molar-refractivity contribution in [3.63, 3.8) is 0 Å². The molecule has 108 valence electrons. The number of aryl methyl sites for hydroxylation is 1. The predicted octanol–water partition coefficient (Wildman–Crippen LogP) is 2.77. The third-order valence-corrected chi connectivity index (χ3v) is 5.14. The smallest absolute Gasteiger partial charge is 0.149 e. The first-order valence-electron chi connectivity index (χ1n) is 6.62. The van der Waals surface area contributed by atoms with Crippen molar-refractivity contribution in [2.75, 3.05) is 23.7 Å². The third kappa shape index (κ3) is 2.53. The molecule has 20 heavy (non-hydrogen) atoms. The highest BCUT2D eigenvalue weighted by molar-refractivity contribution is 7.15. The molecule has 5 nitrogen and oxygen atoms in total. The summed E-state index contributed by atoms with van der Waals surface area (Å²) < 4.78 is 10.1. The zero-order chi connectivity index (χ0) is 14.3. The average Bonchev–Trinajstić information content (AvgIpc) is 2.94. The van der Waals surface area contributed by atoms with Crippen LogP contribution < -0.4 is 10.6 Å². The molecular weight excluding hydrogens is 292 g/mol. The second-order valence-electron chi connectivity index (χ2n) is 5.20. The van der Waals surface area contributed by atoms with Crippen molar-refractivity contribution in [1.82, 2.24) is 9.36 Å². The topological polar surface area (TPSA) is 64.3 Å². The summed E-state index contributed by atoms with van der Waals surface area (Å²) >= 11 is 3.07. The van der Waals surface area contributed by atoms with Crippen molar-refractivity contribution in [3.8, 4) is 10.6 Å². The van der Waals surface area contributed by atoms with E-state index in [1.54, 1.807) is 11.3 Å². The van der Waals surface area contributed by atoms with E-state index >= 15 is 0 Å². The highest BCUT2D eigenvalue weighted by Gasteiger charge is 2.28.